The van der Waals surface area contributed by atoms with E-state index in [1.54, 1.807) is 0 Å². The van der Waals surface area contributed by atoms with Gasteiger partial charge in [0.15, 0.2) is 0 Å². The van der Waals surface area contributed by atoms with Crippen molar-refractivity contribution in [3.63, 3.8) is 0 Å². The predicted molar refractivity (Wildman–Crippen MR) is 66.4 cm³/mol. The first-order chi connectivity index (χ1) is 8.06. The van der Waals surface area contributed by atoms with E-state index in [-0.39, 0.29) is 5.54 Å². The second-order valence-corrected chi connectivity index (χ2v) is 7.82. The zero-order valence-corrected chi connectivity index (χ0v) is 10.8. The third kappa shape index (κ3) is 1.63. The fraction of sp³-hybridized carbons (Fsp3) is 0.933. The largest absolute Gasteiger partial charge is 0.350 e. The zero-order chi connectivity index (χ0) is 11.7. The van der Waals surface area contributed by atoms with Gasteiger partial charge in [0.2, 0.25) is 5.91 Å². The van der Waals surface area contributed by atoms with Gasteiger partial charge in [-0.15, -0.1) is 0 Å². The summed E-state index contributed by atoms with van der Waals surface area (Å²) >= 11 is 0. The van der Waals surface area contributed by atoms with Crippen molar-refractivity contribution in [2.24, 2.45) is 23.2 Å². The van der Waals surface area contributed by atoms with Crippen molar-refractivity contribution >= 4 is 5.91 Å². The van der Waals surface area contributed by atoms with Crippen LogP contribution in [0.15, 0.2) is 0 Å². The molecule has 0 unspecified atom stereocenters. The molecule has 0 aromatic heterocycles. The van der Waals surface area contributed by atoms with Crippen molar-refractivity contribution in [1.82, 2.24) is 5.32 Å². The smallest absolute Gasteiger partial charge is 0.223 e. The highest BCUT2D eigenvalue weighted by Crippen LogP contribution is 2.61. The average Bonchev–Trinajstić information content (AvgIpc) is 2.93. The summed E-state index contributed by atoms with van der Waals surface area (Å²) in [6, 6.07) is 0. The quantitative estimate of drug-likeness (QED) is 0.780. The third-order valence-electron chi connectivity index (χ3n) is 5.69. The molecule has 2 atom stereocenters. The van der Waals surface area contributed by atoms with Crippen LogP contribution in [0, 0.1) is 23.2 Å². The maximum atomic E-state index is 12.1. The highest BCUT2D eigenvalue weighted by molar-refractivity contribution is 5.81. The van der Waals surface area contributed by atoms with Crippen molar-refractivity contribution < 1.29 is 4.79 Å². The van der Waals surface area contributed by atoms with Gasteiger partial charge in [0.25, 0.3) is 0 Å². The molecule has 5 fully saturated rings. The van der Waals surface area contributed by atoms with E-state index in [9.17, 15) is 4.79 Å². The Morgan fingerprint density at radius 2 is 1.76 bits per heavy atom. The summed E-state index contributed by atoms with van der Waals surface area (Å²) in [4.78, 5) is 12.1. The minimum absolute atomic E-state index is 0.207. The van der Waals surface area contributed by atoms with E-state index in [2.05, 4.69) is 12.2 Å². The Labute approximate surface area is 104 Å². The first kappa shape index (κ1) is 10.4. The van der Waals surface area contributed by atoms with Crippen molar-refractivity contribution in [2.75, 3.05) is 0 Å². The molecule has 17 heavy (non-hydrogen) atoms. The lowest BCUT2D eigenvalue weighted by molar-refractivity contribution is -0.131. The van der Waals surface area contributed by atoms with Crippen molar-refractivity contribution in [3.05, 3.63) is 0 Å². The lowest BCUT2D eigenvalue weighted by Crippen LogP contribution is -2.62. The summed E-state index contributed by atoms with van der Waals surface area (Å²) in [7, 11) is 0. The summed E-state index contributed by atoms with van der Waals surface area (Å²) in [6.45, 7) is 2.46. The maximum absolute atomic E-state index is 12.1. The van der Waals surface area contributed by atoms with Crippen molar-refractivity contribution in [2.45, 2.75) is 63.8 Å². The monoisotopic (exact) mass is 233 g/mol. The van der Waals surface area contributed by atoms with E-state index in [4.69, 9.17) is 0 Å². The molecule has 1 amide bonds. The van der Waals surface area contributed by atoms with E-state index in [0.717, 1.165) is 24.7 Å². The second kappa shape index (κ2) is 3.07. The number of hydrogen-bond donors (Lipinski definition) is 1. The molecule has 1 N–H and O–H groups in total. The molecule has 94 valence electrons. The number of nitrogens with one attached hydrogen (secondary N) is 1. The molecule has 0 heterocycles. The van der Waals surface area contributed by atoms with Gasteiger partial charge >= 0.3 is 0 Å². The molecule has 0 radical (unpaired) electrons. The molecule has 2 heteroatoms. The first-order valence-electron chi connectivity index (χ1n) is 7.38. The van der Waals surface area contributed by atoms with Gasteiger partial charge in [0.1, 0.15) is 0 Å². The second-order valence-electron chi connectivity index (χ2n) is 7.82. The van der Waals surface area contributed by atoms with Gasteiger partial charge in [-0.2, -0.15) is 0 Å². The first-order valence-corrected chi connectivity index (χ1v) is 7.38. The number of amides is 1. The molecule has 5 rings (SSSR count). The fourth-order valence-corrected chi connectivity index (χ4v) is 5.58. The SMILES string of the molecule is CC12C[C@@H]3C[C@@H](C1)CC(NC(=O)C1CC1)(C3)C2. The van der Waals surface area contributed by atoms with Gasteiger partial charge in [0, 0.05) is 11.5 Å². The van der Waals surface area contributed by atoms with Crippen molar-refractivity contribution in [1.29, 1.82) is 0 Å². The third-order valence-corrected chi connectivity index (χ3v) is 5.69. The Kier molecular flexibility index (Phi) is 1.88. The molecule has 0 spiro atoms. The molecule has 2 nitrogen and oxygen atoms in total. The summed E-state index contributed by atoms with van der Waals surface area (Å²) in [5.41, 5.74) is 0.749. The minimum Gasteiger partial charge on any atom is -0.350 e. The number of carbonyl (C=O) groups excluding carboxylic acids is 1. The minimum atomic E-state index is 0.207. The van der Waals surface area contributed by atoms with E-state index in [1.165, 1.54) is 38.5 Å². The number of carbonyl (C=O) groups is 1. The fourth-order valence-electron chi connectivity index (χ4n) is 5.58. The van der Waals surface area contributed by atoms with Crippen LogP contribution in [0.5, 0.6) is 0 Å². The molecule has 5 aliphatic carbocycles. The van der Waals surface area contributed by atoms with E-state index >= 15 is 0 Å². The topological polar surface area (TPSA) is 29.1 Å². The van der Waals surface area contributed by atoms with E-state index in [0.29, 0.717) is 17.2 Å². The van der Waals surface area contributed by atoms with E-state index in [1.807, 2.05) is 0 Å². The van der Waals surface area contributed by atoms with Crippen LogP contribution < -0.4 is 5.32 Å². The Hall–Kier alpha value is -0.530. The average molecular weight is 233 g/mol. The van der Waals surface area contributed by atoms with Crippen LogP contribution in [0.3, 0.4) is 0 Å². The zero-order valence-electron chi connectivity index (χ0n) is 10.8. The molecular formula is C15H23NO. The molecular weight excluding hydrogens is 210 g/mol. The molecule has 5 aliphatic rings. The molecule has 0 aromatic rings. The van der Waals surface area contributed by atoms with Gasteiger partial charge in [-0.25, -0.2) is 0 Å². The van der Waals surface area contributed by atoms with Crippen molar-refractivity contribution in [3.8, 4) is 0 Å². The summed E-state index contributed by atoms with van der Waals surface area (Å²) in [5.74, 6) is 2.55. The molecule has 4 bridgehead atoms. The molecule has 0 aromatic carbocycles. The Morgan fingerprint density at radius 3 is 2.29 bits per heavy atom. The lowest BCUT2D eigenvalue weighted by Gasteiger charge is -2.61. The van der Waals surface area contributed by atoms with Crippen LogP contribution >= 0.6 is 0 Å². The van der Waals surface area contributed by atoms with Crippen LogP contribution in [0.4, 0.5) is 0 Å². The van der Waals surface area contributed by atoms with Crippen LogP contribution in [-0.4, -0.2) is 11.4 Å². The van der Waals surface area contributed by atoms with Crippen LogP contribution in [0.1, 0.15) is 58.3 Å². The number of hydrogen-bond acceptors (Lipinski definition) is 1. The predicted octanol–water partition coefficient (Wildman–Crippen LogP) is 2.87. The summed E-state index contributed by atoms with van der Waals surface area (Å²) in [5, 5.41) is 3.47. The van der Waals surface area contributed by atoms with Gasteiger partial charge < -0.3 is 5.32 Å². The highest BCUT2D eigenvalue weighted by atomic mass is 16.2. The Morgan fingerprint density at radius 1 is 1.12 bits per heavy atom. The Bertz CT molecular complexity index is 357. The van der Waals surface area contributed by atoms with Crippen LogP contribution in [0.2, 0.25) is 0 Å². The van der Waals surface area contributed by atoms with Gasteiger partial charge in [-0.3, -0.25) is 4.79 Å². The summed E-state index contributed by atoms with van der Waals surface area (Å²) in [6.07, 6.45) is 10.4. The lowest BCUT2D eigenvalue weighted by atomic mass is 9.47. The normalized spacial score (nSPS) is 51.6. The van der Waals surface area contributed by atoms with Gasteiger partial charge in [-0.05, 0) is 68.6 Å². The van der Waals surface area contributed by atoms with Gasteiger partial charge in [0.05, 0.1) is 0 Å². The van der Waals surface area contributed by atoms with Gasteiger partial charge in [-0.1, -0.05) is 6.92 Å². The summed E-state index contributed by atoms with van der Waals surface area (Å²) < 4.78 is 0. The standard InChI is InChI=1S/C15H23NO/c1-14-5-10-4-11(6-14)8-15(7-10,9-14)16-13(17)12-2-3-12/h10-12H,2-9H2,1H3,(H,16,17)/t10-,11-,14?,15?/m0/s1. The number of rotatable bonds is 2. The maximum Gasteiger partial charge on any atom is 0.223 e. The van der Waals surface area contributed by atoms with Crippen LogP contribution in [0.25, 0.3) is 0 Å². The van der Waals surface area contributed by atoms with E-state index < -0.39 is 0 Å². The molecule has 0 aliphatic heterocycles. The molecule has 5 saturated carbocycles. The molecule has 0 saturated heterocycles. The highest BCUT2D eigenvalue weighted by Gasteiger charge is 2.56. The Balaban J connectivity index is 1.58. The van der Waals surface area contributed by atoms with Crippen LogP contribution in [-0.2, 0) is 4.79 Å².